The minimum absolute atomic E-state index is 0.0333. The molecule has 2 heterocycles. The van der Waals surface area contributed by atoms with E-state index in [0.717, 1.165) is 12.1 Å². The van der Waals surface area contributed by atoms with Gasteiger partial charge >= 0.3 is 5.97 Å². The molecule has 0 aromatic carbocycles. The quantitative estimate of drug-likeness (QED) is 0.634. The number of nitrogens with one attached hydrogen (secondary N) is 1. The van der Waals surface area contributed by atoms with Crippen LogP contribution < -0.4 is 5.32 Å². The Morgan fingerprint density at radius 3 is 2.74 bits per heavy atom. The van der Waals surface area contributed by atoms with Gasteiger partial charge in [-0.2, -0.15) is 10.1 Å². The summed E-state index contributed by atoms with van der Waals surface area (Å²) < 4.78 is 6.61. The Morgan fingerprint density at radius 1 is 1.30 bits per heavy atom. The second-order valence-corrected chi connectivity index (χ2v) is 6.17. The monoisotopic (exact) mass is 376 g/mol. The van der Waals surface area contributed by atoms with Gasteiger partial charge < -0.3 is 15.0 Å². The zero-order chi connectivity index (χ0) is 20.0. The number of rotatable bonds is 8. The van der Waals surface area contributed by atoms with E-state index < -0.39 is 18.5 Å². The molecule has 27 heavy (non-hydrogen) atoms. The Hall–Kier alpha value is -3.04. The van der Waals surface area contributed by atoms with Crippen molar-refractivity contribution in [3.05, 3.63) is 23.3 Å². The lowest BCUT2D eigenvalue weighted by Crippen LogP contribution is -2.40. The van der Waals surface area contributed by atoms with E-state index in [0.29, 0.717) is 23.6 Å². The molecule has 0 radical (unpaired) electrons. The molecule has 0 bridgehead atoms. The zero-order valence-corrected chi connectivity index (χ0v) is 16.0. The van der Waals surface area contributed by atoms with Crippen molar-refractivity contribution in [2.45, 2.75) is 33.6 Å². The Labute approximate surface area is 156 Å². The maximum absolute atomic E-state index is 12.1. The number of likely N-dealkylation sites (N-methyl/N-ethyl adjacent to an activating group) is 1. The highest BCUT2D eigenvalue weighted by Crippen LogP contribution is 2.14. The molecule has 0 aliphatic rings. The second-order valence-electron chi connectivity index (χ2n) is 6.17. The summed E-state index contributed by atoms with van der Waals surface area (Å²) in [5.41, 5.74) is 2.07. The molecule has 2 aromatic heterocycles. The first kappa shape index (κ1) is 20.3. The Morgan fingerprint density at radius 2 is 2.04 bits per heavy atom. The van der Waals surface area contributed by atoms with Crippen molar-refractivity contribution in [3.63, 3.8) is 0 Å². The van der Waals surface area contributed by atoms with E-state index in [1.54, 1.807) is 11.4 Å². The maximum Gasteiger partial charge on any atom is 0.310 e. The highest BCUT2D eigenvalue weighted by Gasteiger charge is 2.18. The van der Waals surface area contributed by atoms with Gasteiger partial charge in [0.1, 0.15) is 6.33 Å². The minimum atomic E-state index is -0.556. The van der Waals surface area contributed by atoms with Crippen molar-refractivity contribution in [3.8, 4) is 0 Å². The molecular weight excluding hydrogens is 352 g/mol. The van der Waals surface area contributed by atoms with Crippen LogP contribution in [0.25, 0.3) is 5.78 Å². The molecule has 0 unspecified atom stereocenters. The number of fused-ring (bicyclic) bond motifs is 1. The fourth-order valence-corrected chi connectivity index (χ4v) is 2.48. The van der Waals surface area contributed by atoms with E-state index in [9.17, 15) is 14.4 Å². The van der Waals surface area contributed by atoms with Gasteiger partial charge in [-0.05, 0) is 20.3 Å². The fourth-order valence-electron chi connectivity index (χ4n) is 2.48. The second kappa shape index (κ2) is 9.06. The molecule has 0 atom stereocenters. The van der Waals surface area contributed by atoms with Crippen LogP contribution in [0.5, 0.6) is 0 Å². The highest BCUT2D eigenvalue weighted by atomic mass is 16.5. The summed E-state index contributed by atoms with van der Waals surface area (Å²) in [6.07, 6.45) is 2.17. The zero-order valence-electron chi connectivity index (χ0n) is 16.0. The lowest BCUT2D eigenvalue weighted by Gasteiger charge is -2.17. The van der Waals surface area contributed by atoms with Crippen LogP contribution in [-0.4, -0.2) is 69.0 Å². The first-order chi connectivity index (χ1) is 12.8. The van der Waals surface area contributed by atoms with E-state index in [-0.39, 0.29) is 18.9 Å². The molecule has 2 amide bonds. The molecule has 146 valence electrons. The van der Waals surface area contributed by atoms with Gasteiger partial charge in [0.15, 0.2) is 6.61 Å². The number of hydrogen-bond donors (Lipinski definition) is 1. The third-order valence-electron chi connectivity index (χ3n) is 4.05. The van der Waals surface area contributed by atoms with Crippen LogP contribution in [0.4, 0.5) is 0 Å². The lowest BCUT2D eigenvalue weighted by atomic mass is 10.1. The number of nitrogens with zero attached hydrogens (tertiary/aromatic N) is 5. The van der Waals surface area contributed by atoms with Gasteiger partial charge in [0.05, 0.1) is 13.0 Å². The number of amides is 2. The number of ether oxygens (including phenoxy) is 1. The average Bonchev–Trinajstić information content (AvgIpc) is 3.09. The molecule has 2 rings (SSSR count). The van der Waals surface area contributed by atoms with Crippen LogP contribution in [0.3, 0.4) is 0 Å². The van der Waals surface area contributed by atoms with Gasteiger partial charge in [-0.15, -0.1) is 0 Å². The molecule has 0 spiro atoms. The molecule has 0 fully saturated rings. The Balaban J connectivity index is 1.89. The SMILES string of the molecule is CCCNC(=O)CN(C)C(=O)COC(=O)Cc1c(C)nc2ncnn2c1C. The predicted octanol–water partition coefficient (Wildman–Crippen LogP) is -0.189. The smallest absolute Gasteiger partial charge is 0.310 e. The number of carbonyl (C=O) groups excluding carboxylic acids is 3. The van der Waals surface area contributed by atoms with Gasteiger partial charge in [-0.1, -0.05) is 6.92 Å². The van der Waals surface area contributed by atoms with E-state index in [4.69, 9.17) is 4.74 Å². The van der Waals surface area contributed by atoms with E-state index in [1.807, 2.05) is 13.8 Å². The van der Waals surface area contributed by atoms with Crippen molar-refractivity contribution in [2.75, 3.05) is 26.7 Å². The largest absolute Gasteiger partial charge is 0.455 e. The summed E-state index contributed by atoms with van der Waals surface area (Å²) in [4.78, 5) is 45.3. The number of esters is 1. The van der Waals surface area contributed by atoms with Crippen LogP contribution in [0.2, 0.25) is 0 Å². The van der Waals surface area contributed by atoms with Crippen molar-refractivity contribution in [2.24, 2.45) is 0 Å². The van der Waals surface area contributed by atoms with Crippen molar-refractivity contribution >= 4 is 23.6 Å². The molecule has 2 aromatic rings. The van der Waals surface area contributed by atoms with Crippen LogP contribution in [0, 0.1) is 13.8 Å². The third-order valence-corrected chi connectivity index (χ3v) is 4.05. The summed E-state index contributed by atoms with van der Waals surface area (Å²) in [6, 6.07) is 0. The first-order valence-corrected chi connectivity index (χ1v) is 8.65. The standard InChI is InChI=1S/C17H24N6O4/c1-5-6-18-14(24)8-22(4)15(25)9-27-16(26)7-13-11(2)21-17-19-10-20-23(17)12(13)3/h10H,5-9H2,1-4H3,(H,18,24). The highest BCUT2D eigenvalue weighted by molar-refractivity contribution is 5.86. The number of aromatic nitrogens is 4. The normalized spacial score (nSPS) is 10.7. The summed E-state index contributed by atoms with van der Waals surface area (Å²) in [5, 5.41) is 6.75. The van der Waals surface area contributed by atoms with Crippen molar-refractivity contribution in [1.29, 1.82) is 0 Å². The molecular formula is C17H24N6O4. The third kappa shape index (κ3) is 5.22. The van der Waals surface area contributed by atoms with Gasteiger partial charge in [0.25, 0.3) is 11.7 Å². The maximum atomic E-state index is 12.1. The lowest BCUT2D eigenvalue weighted by molar-refractivity contribution is -0.151. The molecule has 0 aliphatic heterocycles. The van der Waals surface area contributed by atoms with Gasteiger partial charge in [0, 0.05) is 30.5 Å². The fraction of sp³-hybridized carbons (Fsp3) is 0.529. The summed E-state index contributed by atoms with van der Waals surface area (Å²) >= 11 is 0. The van der Waals surface area contributed by atoms with E-state index >= 15 is 0 Å². The summed E-state index contributed by atoms with van der Waals surface area (Å²) in [6.45, 7) is 5.58. The summed E-state index contributed by atoms with van der Waals surface area (Å²) in [7, 11) is 1.48. The predicted molar refractivity (Wildman–Crippen MR) is 95.9 cm³/mol. The average molecular weight is 376 g/mol. The number of aryl methyl sites for hydroxylation is 2. The van der Waals surface area contributed by atoms with E-state index in [2.05, 4.69) is 20.4 Å². The van der Waals surface area contributed by atoms with Crippen LogP contribution >= 0.6 is 0 Å². The molecule has 1 N–H and O–H groups in total. The topological polar surface area (TPSA) is 119 Å². The van der Waals surface area contributed by atoms with Crippen LogP contribution in [-0.2, 0) is 25.5 Å². The van der Waals surface area contributed by atoms with Gasteiger partial charge in [-0.3, -0.25) is 14.4 Å². The van der Waals surface area contributed by atoms with E-state index in [1.165, 1.54) is 18.3 Å². The summed E-state index contributed by atoms with van der Waals surface area (Å²) in [5.74, 6) is -0.800. The number of hydrogen-bond acceptors (Lipinski definition) is 7. The minimum Gasteiger partial charge on any atom is -0.455 e. The van der Waals surface area contributed by atoms with Crippen LogP contribution in [0.1, 0.15) is 30.3 Å². The molecule has 10 heteroatoms. The molecule has 10 nitrogen and oxygen atoms in total. The Kier molecular flexibility index (Phi) is 6.80. The van der Waals surface area contributed by atoms with Gasteiger partial charge in [-0.25, -0.2) is 9.50 Å². The van der Waals surface area contributed by atoms with Crippen molar-refractivity contribution in [1.82, 2.24) is 29.8 Å². The number of carbonyl (C=O) groups is 3. The molecule has 0 saturated heterocycles. The van der Waals surface area contributed by atoms with Gasteiger partial charge in [0.2, 0.25) is 5.91 Å². The van der Waals surface area contributed by atoms with Crippen molar-refractivity contribution < 1.29 is 19.1 Å². The Bertz CT molecular complexity index is 847. The molecule has 0 saturated carbocycles. The molecule has 0 aliphatic carbocycles. The van der Waals surface area contributed by atoms with Crippen LogP contribution in [0.15, 0.2) is 6.33 Å². The first-order valence-electron chi connectivity index (χ1n) is 8.65.